The molecule has 0 fully saturated rings. The largest absolute Gasteiger partial charge is 0.452 e. The Morgan fingerprint density at radius 1 is 1.04 bits per heavy atom. The summed E-state index contributed by atoms with van der Waals surface area (Å²) < 4.78 is 28.6. The number of rotatable bonds is 6. The van der Waals surface area contributed by atoms with E-state index >= 15 is 0 Å². The smallest absolute Gasteiger partial charge is 0.331 e. The molecule has 2 aromatic rings. The minimum absolute atomic E-state index is 0.199. The molecule has 3 rings (SSSR count). The van der Waals surface area contributed by atoms with Crippen molar-refractivity contribution in [1.82, 2.24) is 0 Å². The fraction of sp³-hybridized carbons (Fsp3) is 0.143. The number of anilines is 1. The minimum atomic E-state index is -3.35. The second kappa shape index (κ2) is 8.67. The summed E-state index contributed by atoms with van der Waals surface area (Å²) in [5, 5.41) is 1.11. The maximum absolute atomic E-state index is 12.7. The summed E-state index contributed by atoms with van der Waals surface area (Å²) in [4.78, 5) is 26.0. The van der Waals surface area contributed by atoms with Crippen molar-refractivity contribution in [3.63, 3.8) is 0 Å². The molecule has 2 aromatic carbocycles. The summed E-state index contributed by atoms with van der Waals surface area (Å²) in [5.74, 6) is -1.35. The van der Waals surface area contributed by atoms with Crippen molar-refractivity contribution in [3.8, 4) is 0 Å². The third kappa shape index (κ3) is 5.17. The topological polar surface area (TPSA) is 80.8 Å². The van der Waals surface area contributed by atoms with Crippen LogP contribution in [-0.4, -0.2) is 38.7 Å². The highest BCUT2D eigenvalue weighted by Crippen LogP contribution is 2.22. The molecular formula is C21H19NO5S. The molecule has 1 aliphatic rings. The van der Waals surface area contributed by atoms with Crippen molar-refractivity contribution in [2.45, 2.75) is 6.04 Å². The number of nitrogens with zero attached hydrogens (tertiary/aromatic N) is 1. The number of hydrogen-bond donors (Lipinski definition) is 0. The fourth-order valence-corrected chi connectivity index (χ4v) is 4.08. The Morgan fingerprint density at radius 3 is 2.29 bits per heavy atom. The zero-order chi connectivity index (χ0) is 20.0. The van der Waals surface area contributed by atoms with Crippen LogP contribution in [0.3, 0.4) is 0 Å². The summed E-state index contributed by atoms with van der Waals surface area (Å²) in [6.45, 7) is -0.489. The molecule has 1 aliphatic heterocycles. The maximum Gasteiger partial charge on any atom is 0.331 e. The molecule has 0 aromatic heterocycles. The Hall–Kier alpha value is -3.19. The summed E-state index contributed by atoms with van der Waals surface area (Å²) in [6, 6.07) is 17.3. The minimum Gasteiger partial charge on any atom is -0.452 e. The van der Waals surface area contributed by atoms with Gasteiger partial charge in [0.2, 0.25) is 0 Å². The number of esters is 1. The van der Waals surface area contributed by atoms with E-state index in [2.05, 4.69) is 0 Å². The average Bonchev–Trinajstić information content (AvgIpc) is 3.06. The van der Waals surface area contributed by atoms with E-state index in [9.17, 15) is 18.0 Å². The molecule has 0 bridgehead atoms. The van der Waals surface area contributed by atoms with Crippen LogP contribution in [0.1, 0.15) is 5.56 Å². The van der Waals surface area contributed by atoms with Gasteiger partial charge in [-0.2, -0.15) is 0 Å². The molecule has 1 heterocycles. The number of hydrogen-bond acceptors (Lipinski definition) is 5. The lowest BCUT2D eigenvalue weighted by atomic mass is 10.2. The molecule has 0 radical (unpaired) electrons. The van der Waals surface area contributed by atoms with E-state index in [-0.39, 0.29) is 5.75 Å². The highest BCUT2D eigenvalue weighted by atomic mass is 32.2. The highest BCUT2D eigenvalue weighted by Gasteiger charge is 2.31. The molecular weight excluding hydrogens is 378 g/mol. The molecule has 0 N–H and O–H groups in total. The monoisotopic (exact) mass is 397 g/mol. The van der Waals surface area contributed by atoms with Gasteiger partial charge in [-0.25, -0.2) is 13.2 Å². The lowest BCUT2D eigenvalue weighted by Crippen LogP contribution is -2.43. The van der Waals surface area contributed by atoms with Crippen molar-refractivity contribution < 1.29 is 22.7 Å². The van der Waals surface area contributed by atoms with E-state index in [1.807, 2.05) is 30.3 Å². The van der Waals surface area contributed by atoms with Gasteiger partial charge in [0, 0.05) is 17.2 Å². The van der Waals surface area contributed by atoms with E-state index in [0.717, 1.165) is 11.0 Å². The Balaban J connectivity index is 1.67. The van der Waals surface area contributed by atoms with Gasteiger partial charge in [0.25, 0.3) is 5.91 Å². The van der Waals surface area contributed by atoms with Gasteiger partial charge in [0.15, 0.2) is 16.4 Å². The quantitative estimate of drug-likeness (QED) is 0.553. The van der Waals surface area contributed by atoms with Crippen molar-refractivity contribution in [1.29, 1.82) is 0 Å². The summed E-state index contributed by atoms with van der Waals surface area (Å²) in [5.41, 5.74) is 1.37. The summed E-state index contributed by atoms with van der Waals surface area (Å²) >= 11 is 0. The standard InChI is InChI=1S/C21H19NO5S/c23-20(15-27-21(24)12-11-17-7-3-1-4-8-17)22(18-9-5-2-6-10-18)19-13-14-28(25,26)16-19/h1-14,19H,15-16H2/b12-11+/t19-/m0/s1. The highest BCUT2D eigenvalue weighted by molar-refractivity contribution is 7.94. The SMILES string of the molecule is O=C(/C=C/c1ccccc1)OCC(=O)N(c1ccccc1)[C@H]1C=CS(=O)(=O)C1. The van der Waals surface area contributed by atoms with Gasteiger partial charge >= 0.3 is 5.97 Å². The van der Waals surface area contributed by atoms with Crippen LogP contribution in [0.5, 0.6) is 0 Å². The number of benzene rings is 2. The number of amides is 1. The third-order valence-electron chi connectivity index (χ3n) is 4.10. The predicted molar refractivity (Wildman–Crippen MR) is 107 cm³/mol. The molecule has 144 valence electrons. The van der Waals surface area contributed by atoms with Crippen LogP contribution in [0.15, 0.2) is 78.2 Å². The second-order valence-corrected chi connectivity index (χ2v) is 8.11. The van der Waals surface area contributed by atoms with Gasteiger partial charge in [0.1, 0.15) is 0 Å². The van der Waals surface area contributed by atoms with Gasteiger partial charge in [-0.05, 0) is 29.8 Å². The number of carbonyl (C=O) groups is 2. The van der Waals surface area contributed by atoms with Crippen LogP contribution in [-0.2, 0) is 24.2 Å². The third-order valence-corrected chi connectivity index (χ3v) is 5.47. The van der Waals surface area contributed by atoms with Crippen molar-refractivity contribution in [3.05, 3.63) is 83.8 Å². The lowest BCUT2D eigenvalue weighted by molar-refractivity contribution is -0.143. The Labute approximate surface area is 163 Å². The zero-order valence-corrected chi connectivity index (χ0v) is 15.8. The number of sulfone groups is 1. The van der Waals surface area contributed by atoms with Crippen LogP contribution in [0.25, 0.3) is 6.08 Å². The lowest BCUT2D eigenvalue weighted by Gasteiger charge is -2.27. The van der Waals surface area contributed by atoms with E-state index in [1.165, 1.54) is 17.1 Å². The van der Waals surface area contributed by atoms with Gasteiger partial charge in [-0.3, -0.25) is 4.79 Å². The van der Waals surface area contributed by atoms with E-state index in [0.29, 0.717) is 5.69 Å². The molecule has 6 nitrogen and oxygen atoms in total. The van der Waals surface area contributed by atoms with Gasteiger partial charge in [-0.15, -0.1) is 0 Å². The molecule has 0 aliphatic carbocycles. The first-order chi connectivity index (χ1) is 13.4. The predicted octanol–water partition coefficient (Wildman–Crippen LogP) is 2.59. The molecule has 7 heteroatoms. The molecule has 0 saturated heterocycles. The maximum atomic E-state index is 12.7. The number of ether oxygens (including phenoxy) is 1. The van der Waals surface area contributed by atoms with Crippen molar-refractivity contribution in [2.24, 2.45) is 0 Å². The first-order valence-electron chi connectivity index (χ1n) is 8.62. The van der Waals surface area contributed by atoms with Crippen LogP contribution in [0, 0.1) is 0 Å². The average molecular weight is 397 g/mol. The van der Waals surface area contributed by atoms with E-state index in [1.54, 1.807) is 36.4 Å². The van der Waals surface area contributed by atoms with E-state index < -0.39 is 34.4 Å². The molecule has 28 heavy (non-hydrogen) atoms. The van der Waals surface area contributed by atoms with Gasteiger partial charge < -0.3 is 9.64 Å². The Bertz CT molecular complexity index is 998. The summed E-state index contributed by atoms with van der Waals surface area (Å²) in [6.07, 6.45) is 4.31. The van der Waals surface area contributed by atoms with Crippen LogP contribution in [0.2, 0.25) is 0 Å². The van der Waals surface area contributed by atoms with Gasteiger partial charge in [-0.1, -0.05) is 48.5 Å². The Kier molecular flexibility index (Phi) is 6.06. The summed E-state index contributed by atoms with van der Waals surface area (Å²) in [7, 11) is -3.35. The molecule has 1 amide bonds. The second-order valence-electron chi connectivity index (χ2n) is 6.18. The zero-order valence-electron chi connectivity index (χ0n) is 15.0. The number of carbonyl (C=O) groups excluding carboxylic acids is 2. The first-order valence-corrected chi connectivity index (χ1v) is 10.3. The molecule has 0 spiro atoms. The normalized spacial score (nSPS) is 17.5. The fourth-order valence-electron chi connectivity index (χ4n) is 2.81. The van der Waals surface area contributed by atoms with Crippen molar-refractivity contribution >= 4 is 33.5 Å². The van der Waals surface area contributed by atoms with Crippen LogP contribution < -0.4 is 4.90 Å². The van der Waals surface area contributed by atoms with Crippen LogP contribution >= 0.6 is 0 Å². The molecule has 1 atom stereocenters. The number of para-hydroxylation sites is 1. The van der Waals surface area contributed by atoms with Crippen LogP contribution in [0.4, 0.5) is 5.69 Å². The van der Waals surface area contributed by atoms with Gasteiger partial charge in [0.05, 0.1) is 11.8 Å². The Morgan fingerprint density at radius 2 is 1.68 bits per heavy atom. The van der Waals surface area contributed by atoms with E-state index in [4.69, 9.17) is 4.74 Å². The van der Waals surface area contributed by atoms with Crippen molar-refractivity contribution in [2.75, 3.05) is 17.3 Å². The first kappa shape index (κ1) is 19.6. The molecule has 0 saturated carbocycles. The molecule has 0 unspecified atom stereocenters.